The molecule has 0 saturated carbocycles. The van der Waals surface area contributed by atoms with E-state index >= 15 is 0 Å². The van der Waals surface area contributed by atoms with Crippen molar-refractivity contribution in [2.75, 3.05) is 0 Å². The van der Waals surface area contributed by atoms with E-state index in [-0.39, 0.29) is 0 Å². The van der Waals surface area contributed by atoms with Crippen molar-refractivity contribution in [1.82, 2.24) is 10.5 Å². The summed E-state index contributed by atoms with van der Waals surface area (Å²) in [6.45, 7) is 2.57. The zero-order valence-electron chi connectivity index (χ0n) is 10.3. The van der Waals surface area contributed by atoms with Gasteiger partial charge in [0.1, 0.15) is 0 Å². The van der Waals surface area contributed by atoms with E-state index in [2.05, 4.69) is 10.5 Å². The van der Waals surface area contributed by atoms with Crippen LogP contribution in [0.15, 0.2) is 34.9 Å². The molecule has 0 aliphatic carbocycles. The van der Waals surface area contributed by atoms with Crippen LogP contribution in [-0.2, 0) is 19.3 Å². The second-order valence-electron chi connectivity index (χ2n) is 4.24. The van der Waals surface area contributed by atoms with Crippen LogP contribution >= 0.6 is 0 Å². The average molecular weight is 270 g/mol. The molecule has 6 heteroatoms. The molecule has 2 rings (SSSR count). The number of hydrogen-bond acceptors (Lipinski definition) is 3. The zero-order valence-corrected chi connectivity index (χ0v) is 10.3. The Kier molecular flexibility index (Phi) is 3.90. The third kappa shape index (κ3) is 3.82. The lowest BCUT2D eigenvalue weighted by Gasteiger charge is -2.08. The minimum absolute atomic E-state index is 0.337. The first-order valence-electron chi connectivity index (χ1n) is 5.74. The molecule has 3 nitrogen and oxygen atoms in total. The third-order valence-corrected chi connectivity index (χ3v) is 2.56. The van der Waals surface area contributed by atoms with Gasteiger partial charge in [0.25, 0.3) is 0 Å². The number of nitrogens with zero attached hydrogens (tertiary/aromatic N) is 1. The average Bonchev–Trinajstić information content (AvgIpc) is 2.74. The van der Waals surface area contributed by atoms with E-state index < -0.39 is 11.7 Å². The van der Waals surface area contributed by atoms with Crippen molar-refractivity contribution in [3.63, 3.8) is 0 Å². The van der Waals surface area contributed by atoms with Gasteiger partial charge in [-0.2, -0.15) is 13.2 Å². The molecule has 0 radical (unpaired) electrons. The van der Waals surface area contributed by atoms with Crippen LogP contribution in [0.3, 0.4) is 0 Å². The van der Waals surface area contributed by atoms with Crippen molar-refractivity contribution in [1.29, 1.82) is 0 Å². The Balaban J connectivity index is 1.93. The maximum Gasteiger partial charge on any atom is 0.416 e. The van der Waals surface area contributed by atoms with Gasteiger partial charge < -0.3 is 9.84 Å². The summed E-state index contributed by atoms with van der Waals surface area (Å²) in [7, 11) is 0. The Bertz CT molecular complexity index is 549. The molecule has 1 aromatic heterocycles. The van der Waals surface area contributed by atoms with Crippen molar-refractivity contribution in [2.24, 2.45) is 0 Å². The fourth-order valence-electron chi connectivity index (χ4n) is 1.69. The van der Waals surface area contributed by atoms with Gasteiger partial charge in [0.2, 0.25) is 0 Å². The molecule has 1 N–H and O–H groups in total. The number of benzene rings is 1. The van der Waals surface area contributed by atoms with Crippen LogP contribution in [0.4, 0.5) is 13.2 Å². The molecular formula is C13H13F3N2O. The summed E-state index contributed by atoms with van der Waals surface area (Å²) in [6, 6.07) is 7.02. The van der Waals surface area contributed by atoms with Gasteiger partial charge in [-0.25, -0.2) is 0 Å². The summed E-state index contributed by atoms with van der Waals surface area (Å²) >= 11 is 0. The minimum atomic E-state index is -4.31. The van der Waals surface area contributed by atoms with Gasteiger partial charge in [-0.15, -0.1) is 0 Å². The second-order valence-corrected chi connectivity index (χ2v) is 4.24. The van der Waals surface area contributed by atoms with Crippen LogP contribution in [0.25, 0.3) is 0 Å². The number of aromatic nitrogens is 1. The lowest BCUT2D eigenvalue weighted by molar-refractivity contribution is -0.137. The first-order chi connectivity index (χ1) is 8.95. The van der Waals surface area contributed by atoms with Crippen LogP contribution in [0.5, 0.6) is 0 Å². The smallest absolute Gasteiger partial charge is 0.360 e. The first-order valence-corrected chi connectivity index (χ1v) is 5.74. The van der Waals surface area contributed by atoms with E-state index in [1.54, 1.807) is 19.1 Å². The van der Waals surface area contributed by atoms with Crippen LogP contribution in [-0.4, -0.2) is 5.16 Å². The number of aryl methyl sites for hydroxylation is 1. The summed E-state index contributed by atoms with van der Waals surface area (Å²) in [5.41, 5.74) is 0.712. The number of hydrogen-bond donors (Lipinski definition) is 1. The van der Waals surface area contributed by atoms with Crippen LogP contribution in [0.2, 0.25) is 0 Å². The normalized spacial score (nSPS) is 11.8. The molecule has 19 heavy (non-hydrogen) atoms. The Morgan fingerprint density at radius 1 is 1.21 bits per heavy atom. The Labute approximate surface area is 108 Å². The molecule has 0 unspecified atom stereocenters. The molecule has 102 valence electrons. The zero-order chi connectivity index (χ0) is 13.9. The lowest BCUT2D eigenvalue weighted by atomic mass is 10.1. The van der Waals surface area contributed by atoms with E-state index in [9.17, 15) is 13.2 Å². The van der Waals surface area contributed by atoms with Crippen LogP contribution in [0.1, 0.15) is 22.6 Å². The van der Waals surface area contributed by atoms with Gasteiger partial charge in [-0.3, -0.25) is 0 Å². The highest BCUT2D eigenvalue weighted by Crippen LogP contribution is 2.29. The monoisotopic (exact) mass is 270 g/mol. The van der Waals surface area contributed by atoms with Crippen molar-refractivity contribution >= 4 is 0 Å². The predicted molar refractivity (Wildman–Crippen MR) is 63.2 cm³/mol. The molecular weight excluding hydrogens is 257 g/mol. The highest BCUT2D eigenvalue weighted by atomic mass is 19.4. The summed E-state index contributed by atoms with van der Waals surface area (Å²) in [6.07, 6.45) is -4.31. The van der Waals surface area contributed by atoms with Crippen molar-refractivity contribution in [2.45, 2.75) is 26.2 Å². The fourth-order valence-corrected chi connectivity index (χ4v) is 1.69. The predicted octanol–water partition coefficient (Wildman–Crippen LogP) is 3.29. The first kappa shape index (κ1) is 13.6. The van der Waals surface area contributed by atoms with Gasteiger partial charge in [0, 0.05) is 12.6 Å². The third-order valence-electron chi connectivity index (χ3n) is 2.56. The highest BCUT2D eigenvalue weighted by molar-refractivity contribution is 5.25. The van der Waals surface area contributed by atoms with Gasteiger partial charge in [0.05, 0.1) is 17.8 Å². The van der Waals surface area contributed by atoms with Crippen molar-refractivity contribution < 1.29 is 17.7 Å². The largest absolute Gasteiger partial charge is 0.416 e. The summed E-state index contributed by atoms with van der Waals surface area (Å²) in [5, 5.41) is 6.73. The second kappa shape index (κ2) is 5.44. The molecule has 0 atom stereocenters. The van der Waals surface area contributed by atoms with Crippen molar-refractivity contribution in [3.8, 4) is 0 Å². The van der Waals surface area contributed by atoms with E-state index in [1.165, 1.54) is 6.07 Å². The molecule has 0 aliphatic rings. The van der Waals surface area contributed by atoms with Gasteiger partial charge in [-0.05, 0) is 18.6 Å². The van der Waals surface area contributed by atoms with E-state index in [0.717, 1.165) is 17.8 Å². The maximum absolute atomic E-state index is 12.5. The fraction of sp³-hybridized carbons (Fsp3) is 0.308. The molecule has 1 heterocycles. The van der Waals surface area contributed by atoms with E-state index in [1.807, 2.05) is 0 Å². The number of halogens is 3. The summed E-state index contributed by atoms with van der Waals surface area (Å²) < 4.78 is 42.5. The number of nitrogens with one attached hydrogen (secondary N) is 1. The van der Waals surface area contributed by atoms with E-state index in [0.29, 0.717) is 24.4 Å². The molecule has 0 amide bonds. The maximum atomic E-state index is 12.5. The lowest BCUT2D eigenvalue weighted by Crippen LogP contribution is -2.13. The highest BCUT2D eigenvalue weighted by Gasteiger charge is 2.30. The van der Waals surface area contributed by atoms with Gasteiger partial charge in [0.15, 0.2) is 5.76 Å². The molecule has 0 aliphatic heterocycles. The molecule has 0 fully saturated rings. The van der Waals surface area contributed by atoms with Crippen LogP contribution < -0.4 is 5.32 Å². The quantitative estimate of drug-likeness (QED) is 0.926. The van der Waals surface area contributed by atoms with Gasteiger partial charge in [-0.1, -0.05) is 23.4 Å². The van der Waals surface area contributed by atoms with Gasteiger partial charge >= 0.3 is 6.18 Å². The Morgan fingerprint density at radius 2 is 2.00 bits per heavy atom. The topological polar surface area (TPSA) is 38.1 Å². The standard InChI is InChI=1S/C13H13F3N2O/c1-9-5-12(19-18-9)8-17-7-10-3-2-4-11(6-10)13(14,15)16/h2-6,17H,7-8H2,1H3. The Morgan fingerprint density at radius 3 is 2.63 bits per heavy atom. The molecule has 1 aromatic carbocycles. The number of alkyl halides is 3. The molecule has 2 aromatic rings. The minimum Gasteiger partial charge on any atom is -0.360 e. The molecule has 0 bridgehead atoms. The van der Waals surface area contributed by atoms with E-state index in [4.69, 9.17) is 4.52 Å². The SMILES string of the molecule is Cc1cc(CNCc2cccc(C(F)(F)F)c2)on1. The summed E-state index contributed by atoms with van der Waals surface area (Å²) in [4.78, 5) is 0. The van der Waals surface area contributed by atoms with Crippen molar-refractivity contribution in [3.05, 3.63) is 52.9 Å². The molecule has 0 spiro atoms. The Hall–Kier alpha value is -1.82. The van der Waals surface area contributed by atoms with Crippen LogP contribution in [0, 0.1) is 6.92 Å². The number of rotatable bonds is 4. The molecule has 0 saturated heterocycles. The summed E-state index contributed by atoms with van der Waals surface area (Å²) in [5.74, 6) is 0.657.